The topological polar surface area (TPSA) is 82.6 Å². The Morgan fingerprint density at radius 1 is 1.24 bits per heavy atom. The van der Waals surface area contributed by atoms with Crippen molar-refractivity contribution in [2.24, 2.45) is 0 Å². The Hall–Kier alpha value is -3.13. The third-order valence-corrected chi connectivity index (χ3v) is 5.21. The SMILES string of the molecule is COc1cccc(-n2nc(C)c([C@@H]3COCCN3C(=O)c3cc(C)on3)c2C)c1. The Morgan fingerprint density at radius 2 is 2.07 bits per heavy atom. The molecule has 0 bridgehead atoms. The highest BCUT2D eigenvalue weighted by Gasteiger charge is 2.34. The molecule has 8 heteroatoms. The summed E-state index contributed by atoms with van der Waals surface area (Å²) in [5, 5.41) is 8.63. The maximum atomic E-state index is 13.1. The molecule has 1 aliphatic heterocycles. The molecule has 0 spiro atoms. The van der Waals surface area contributed by atoms with Gasteiger partial charge in [0.15, 0.2) is 5.69 Å². The highest BCUT2D eigenvalue weighted by molar-refractivity contribution is 5.92. The van der Waals surface area contributed by atoms with Crippen LogP contribution in [0.2, 0.25) is 0 Å². The minimum Gasteiger partial charge on any atom is -0.497 e. The molecule has 3 heterocycles. The first-order valence-electron chi connectivity index (χ1n) is 9.52. The first-order valence-corrected chi connectivity index (χ1v) is 9.52. The van der Waals surface area contributed by atoms with E-state index in [2.05, 4.69) is 5.16 Å². The van der Waals surface area contributed by atoms with Crippen molar-refractivity contribution in [3.05, 3.63) is 58.7 Å². The summed E-state index contributed by atoms with van der Waals surface area (Å²) < 4.78 is 18.0. The van der Waals surface area contributed by atoms with Gasteiger partial charge in [-0.15, -0.1) is 0 Å². The van der Waals surface area contributed by atoms with E-state index in [0.29, 0.717) is 31.2 Å². The number of ether oxygens (including phenoxy) is 2. The van der Waals surface area contributed by atoms with Crippen molar-refractivity contribution in [1.29, 1.82) is 0 Å². The van der Waals surface area contributed by atoms with Crippen molar-refractivity contribution in [2.45, 2.75) is 26.8 Å². The van der Waals surface area contributed by atoms with E-state index in [1.165, 1.54) is 0 Å². The molecule has 8 nitrogen and oxygen atoms in total. The van der Waals surface area contributed by atoms with Crippen molar-refractivity contribution in [1.82, 2.24) is 19.8 Å². The highest BCUT2D eigenvalue weighted by Crippen LogP contribution is 2.32. The number of aromatic nitrogens is 3. The molecule has 1 aromatic carbocycles. The number of aryl methyl sites for hydroxylation is 2. The molecule has 0 aliphatic carbocycles. The second kappa shape index (κ2) is 7.71. The number of benzene rings is 1. The zero-order valence-corrected chi connectivity index (χ0v) is 17.0. The van der Waals surface area contributed by atoms with Gasteiger partial charge in [-0.3, -0.25) is 4.79 Å². The molecule has 152 valence electrons. The lowest BCUT2D eigenvalue weighted by Gasteiger charge is -2.35. The normalized spacial score (nSPS) is 16.8. The van der Waals surface area contributed by atoms with E-state index in [0.717, 1.165) is 28.4 Å². The van der Waals surface area contributed by atoms with Gasteiger partial charge in [0, 0.05) is 29.9 Å². The first kappa shape index (κ1) is 19.2. The van der Waals surface area contributed by atoms with Gasteiger partial charge in [0.05, 0.1) is 37.7 Å². The smallest absolute Gasteiger partial charge is 0.276 e. The summed E-state index contributed by atoms with van der Waals surface area (Å²) in [6.45, 7) is 7.11. The Bertz CT molecular complexity index is 1040. The number of nitrogens with zero attached hydrogens (tertiary/aromatic N) is 4. The molecule has 29 heavy (non-hydrogen) atoms. The Kier molecular flexibility index (Phi) is 5.10. The van der Waals surface area contributed by atoms with Crippen LogP contribution in [0.3, 0.4) is 0 Å². The quantitative estimate of drug-likeness (QED) is 0.674. The molecule has 4 rings (SSSR count). The van der Waals surface area contributed by atoms with Crippen LogP contribution < -0.4 is 4.74 Å². The molecule has 1 fully saturated rings. The summed E-state index contributed by atoms with van der Waals surface area (Å²) in [6.07, 6.45) is 0. The minimum atomic E-state index is -0.243. The molecule has 3 aromatic rings. The highest BCUT2D eigenvalue weighted by atomic mass is 16.5. The molecule has 1 atom stereocenters. The summed E-state index contributed by atoms with van der Waals surface area (Å²) in [4.78, 5) is 14.9. The lowest BCUT2D eigenvalue weighted by Crippen LogP contribution is -2.44. The van der Waals surface area contributed by atoms with E-state index in [1.54, 1.807) is 25.0 Å². The summed E-state index contributed by atoms with van der Waals surface area (Å²) in [5.41, 5.74) is 4.01. The Balaban J connectivity index is 1.72. The standard InChI is InChI=1S/C21H24N4O4/c1-13-10-18(23-29-13)21(26)24-8-9-28-12-19(24)20-14(2)22-25(15(20)3)16-6-5-7-17(11-16)27-4/h5-7,10-11,19H,8-9,12H2,1-4H3/t19-/m0/s1. The maximum Gasteiger partial charge on any atom is 0.276 e. The fourth-order valence-electron chi connectivity index (χ4n) is 3.83. The van der Waals surface area contributed by atoms with Gasteiger partial charge in [0.1, 0.15) is 11.5 Å². The van der Waals surface area contributed by atoms with Crippen LogP contribution in [-0.2, 0) is 4.74 Å². The monoisotopic (exact) mass is 396 g/mol. The van der Waals surface area contributed by atoms with Crippen LogP contribution in [-0.4, -0.2) is 52.6 Å². The molecule has 0 saturated carbocycles. The number of hydrogen-bond donors (Lipinski definition) is 0. The summed E-state index contributed by atoms with van der Waals surface area (Å²) in [5.74, 6) is 1.20. The van der Waals surface area contributed by atoms with E-state index in [1.807, 2.05) is 42.8 Å². The number of rotatable bonds is 4. The van der Waals surface area contributed by atoms with Crippen LogP contribution in [0, 0.1) is 20.8 Å². The van der Waals surface area contributed by atoms with Gasteiger partial charge in [-0.25, -0.2) is 4.68 Å². The fourth-order valence-corrected chi connectivity index (χ4v) is 3.83. The third-order valence-electron chi connectivity index (χ3n) is 5.21. The number of carbonyl (C=O) groups is 1. The predicted octanol–water partition coefficient (Wildman–Crippen LogP) is 3.01. The van der Waals surface area contributed by atoms with E-state index in [4.69, 9.17) is 19.1 Å². The van der Waals surface area contributed by atoms with E-state index in [9.17, 15) is 4.79 Å². The van der Waals surface area contributed by atoms with Crippen molar-refractivity contribution in [3.63, 3.8) is 0 Å². The molecule has 0 radical (unpaired) electrons. The molecule has 2 aromatic heterocycles. The summed E-state index contributed by atoms with van der Waals surface area (Å²) in [7, 11) is 1.64. The van der Waals surface area contributed by atoms with Gasteiger partial charge in [0.25, 0.3) is 5.91 Å². The second-order valence-corrected chi connectivity index (χ2v) is 7.11. The number of morpholine rings is 1. The number of methoxy groups -OCH3 is 1. The van der Waals surface area contributed by atoms with E-state index >= 15 is 0 Å². The summed E-state index contributed by atoms with van der Waals surface area (Å²) in [6, 6.07) is 9.15. The van der Waals surface area contributed by atoms with Gasteiger partial charge >= 0.3 is 0 Å². The van der Waals surface area contributed by atoms with E-state index in [-0.39, 0.29) is 11.9 Å². The maximum absolute atomic E-state index is 13.1. The van der Waals surface area contributed by atoms with Gasteiger partial charge in [-0.2, -0.15) is 5.10 Å². The molecule has 0 unspecified atom stereocenters. The van der Waals surface area contributed by atoms with Crippen LogP contribution in [0.5, 0.6) is 5.75 Å². The lowest BCUT2D eigenvalue weighted by atomic mass is 10.0. The molecular formula is C21H24N4O4. The van der Waals surface area contributed by atoms with Crippen LogP contribution in [0.1, 0.15) is 39.2 Å². The third kappa shape index (κ3) is 3.51. The molecule has 1 amide bonds. The molecule has 1 saturated heterocycles. The van der Waals surface area contributed by atoms with Crippen molar-refractivity contribution in [2.75, 3.05) is 26.9 Å². The average Bonchev–Trinajstić information content (AvgIpc) is 3.30. The minimum absolute atomic E-state index is 0.164. The summed E-state index contributed by atoms with van der Waals surface area (Å²) >= 11 is 0. The number of carbonyl (C=O) groups excluding carboxylic acids is 1. The van der Waals surface area contributed by atoms with E-state index < -0.39 is 0 Å². The van der Waals surface area contributed by atoms with Crippen LogP contribution in [0.4, 0.5) is 0 Å². The van der Waals surface area contributed by atoms with Gasteiger partial charge in [-0.05, 0) is 32.9 Å². The van der Waals surface area contributed by atoms with Crippen molar-refractivity contribution in [3.8, 4) is 11.4 Å². The molecule has 0 N–H and O–H groups in total. The average molecular weight is 396 g/mol. The molecular weight excluding hydrogens is 372 g/mol. The largest absolute Gasteiger partial charge is 0.497 e. The lowest BCUT2D eigenvalue weighted by molar-refractivity contribution is -0.00354. The van der Waals surface area contributed by atoms with Gasteiger partial charge in [0.2, 0.25) is 0 Å². The van der Waals surface area contributed by atoms with Gasteiger partial charge < -0.3 is 18.9 Å². The fraction of sp³-hybridized carbons (Fsp3) is 0.381. The zero-order chi connectivity index (χ0) is 20.5. The van der Waals surface area contributed by atoms with Crippen LogP contribution >= 0.6 is 0 Å². The predicted molar refractivity (Wildman–Crippen MR) is 105 cm³/mol. The number of amides is 1. The Morgan fingerprint density at radius 3 is 2.79 bits per heavy atom. The first-order chi connectivity index (χ1) is 14.0. The molecule has 1 aliphatic rings. The zero-order valence-electron chi connectivity index (χ0n) is 17.0. The van der Waals surface area contributed by atoms with Gasteiger partial charge in [-0.1, -0.05) is 11.2 Å². The number of hydrogen-bond acceptors (Lipinski definition) is 6. The second-order valence-electron chi connectivity index (χ2n) is 7.11. The van der Waals surface area contributed by atoms with Crippen LogP contribution in [0.15, 0.2) is 34.9 Å². The van der Waals surface area contributed by atoms with Crippen molar-refractivity contribution < 1.29 is 18.8 Å². The Labute approximate surface area is 169 Å². The van der Waals surface area contributed by atoms with Crippen LogP contribution in [0.25, 0.3) is 5.69 Å². The van der Waals surface area contributed by atoms with Crippen molar-refractivity contribution >= 4 is 5.91 Å².